The molecule has 18 heavy (non-hydrogen) atoms. The number of hydrogen-bond donors (Lipinski definition) is 0. The Hall–Kier alpha value is 0.277. The maximum absolute atomic E-state index is 6.10. The summed E-state index contributed by atoms with van der Waals surface area (Å²) in [5.41, 5.74) is 0. The average molecular weight is 399 g/mol. The molecule has 1 heterocycles. The van der Waals surface area contributed by atoms with E-state index in [1.165, 1.54) is 0 Å². The normalized spacial score (nSPS) is 13.1. The van der Waals surface area contributed by atoms with Crippen LogP contribution in [0.5, 0.6) is 0 Å². The molecule has 0 saturated heterocycles. The number of nitrogens with zero attached hydrogens (tertiary/aromatic N) is 3. The lowest BCUT2D eigenvalue weighted by Gasteiger charge is -2.36. The molecule has 0 N–H and O–H groups in total. The van der Waals surface area contributed by atoms with Gasteiger partial charge >= 0.3 is 0 Å². The summed E-state index contributed by atoms with van der Waals surface area (Å²) in [5, 5.41) is 8.72. The number of hydrogen-bond acceptors (Lipinski definition) is 3. The van der Waals surface area contributed by atoms with Crippen molar-refractivity contribution in [1.29, 1.82) is 0 Å². The van der Waals surface area contributed by atoms with E-state index in [9.17, 15) is 0 Å². The van der Waals surface area contributed by atoms with E-state index in [4.69, 9.17) is 4.43 Å². The smallest absolute Gasteiger partial charge is 0.191 e. The van der Waals surface area contributed by atoms with Crippen LogP contribution in [0.1, 0.15) is 27.2 Å². The summed E-state index contributed by atoms with van der Waals surface area (Å²) >= 11 is 6.63. The van der Waals surface area contributed by atoms with Crippen molar-refractivity contribution in [2.45, 2.75) is 51.9 Å². The van der Waals surface area contributed by atoms with Gasteiger partial charge in [0.2, 0.25) is 0 Å². The number of rotatable bonds is 5. The fourth-order valence-corrected chi connectivity index (χ4v) is 2.77. The first-order valence-corrected chi connectivity index (χ1v) is 10.5. The molecule has 0 aliphatic heterocycles. The molecule has 7 heteroatoms. The lowest BCUT2D eigenvalue weighted by atomic mass is 10.2. The van der Waals surface area contributed by atoms with Gasteiger partial charge in [0.1, 0.15) is 0 Å². The maximum Gasteiger partial charge on any atom is 0.191 e. The molecule has 0 aromatic carbocycles. The highest BCUT2D eigenvalue weighted by Crippen LogP contribution is 2.36. The van der Waals surface area contributed by atoms with Crippen LogP contribution in [0.15, 0.2) is 9.21 Å². The Labute approximate surface area is 127 Å². The first-order chi connectivity index (χ1) is 8.13. The molecule has 0 fully saturated rings. The van der Waals surface area contributed by atoms with Crippen molar-refractivity contribution in [2.24, 2.45) is 0 Å². The monoisotopic (exact) mass is 397 g/mol. The van der Waals surface area contributed by atoms with Crippen LogP contribution in [-0.4, -0.2) is 29.9 Å². The Bertz CT molecular complexity index is 382. The zero-order valence-electron chi connectivity index (χ0n) is 11.6. The third-order valence-corrected chi connectivity index (χ3v) is 9.49. The third-order valence-electron chi connectivity index (χ3n) is 3.35. The van der Waals surface area contributed by atoms with Crippen molar-refractivity contribution < 1.29 is 4.43 Å². The Balaban J connectivity index is 2.35. The van der Waals surface area contributed by atoms with Crippen LogP contribution in [0.3, 0.4) is 0 Å². The Morgan fingerprint density at radius 1 is 1.17 bits per heavy atom. The number of halogens is 2. The molecule has 0 radical (unpaired) electrons. The highest BCUT2D eigenvalue weighted by Gasteiger charge is 2.36. The van der Waals surface area contributed by atoms with Crippen LogP contribution in [-0.2, 0) is 11.0 Å². The maximum atomic E-state index is 6.10. The van der Waals surface area contributed by atoms with Crippen molar-refractivity contribution in [3.63, 3.8) is 0 Å². The van der Waals surface area contributed by atoms with Crippen molar-refractivity contribution >= 4 is 40.2 Å². The molecule has 0 amide bonds. The summed E-state index contributed by atoms with van der Waals surface area (Å²) < 4.78 is 7.59. The van der Waals surface area contributed by atoms with Crippen molar-refractivity contribution in [1.82, 2.24) is 15.0 Å². The summed E-state index contributed by atoms with van der Waals surface area (Å²) in [6.45, 7) is 12.8. The molecule has 0 bridgehead atoms. The molecule has 0 atom stereocenters. The van der Waals surface area contributed by atoms with E-state index in [0.29, 0.717) is 0 Å². The van der Waals surface area contributed by atoms with Crippen molar-refractivity contribution in [3.05, 3.63) is 9.21 Å². The zero-order valence-corrected chi connectivity index (χ0v) is 15.8. The molecule has 0 aliphatic carbocycles. The van der Waals surface area contributed by atoms with Gasteiger partial charge in [-0.1, -0.05) is 20.8 Å². The molecule has 1 aromatic rings. The summed E-state index contributed by atoms with van der Waals surface area (Å²) in [4.78, 5) is 1.68. The van der Waals surface area contributed by atoms with Gasteiger partial charge in [-0.3, -0.25) is 0 Å². The lowest BCUT2D eigenvalue weighted by Crippen LogP contribution is -2.41. The summed E-state index contributed by atoms with van der Waals surface area (Å²) in [5.74, 6) is 0. The molecular weight excluding hydrogens is 378 g/mol. The van der Waals surface area contributed by atoms with E-state index < -0.39 is 8.32 Å². The molecule has 0 aliphatic rings. The largest absolute Gasteiger partial charge is 0.417 e. The van der Waals surface area contributed by atoms with Gasteiger partial charge in [0.15, 0.2) is 17.5 Å². The summed E-state index contributed by atoms with van der Waals surface area (Å²) in [6.07, 6.45) is 0.931. The van der Waals surface area contributed by atoms with E-state index in [0.717, 1.165) is 28.8 Å². The third kappa shape index (κ3) is 4.43. The second kappa shape index (κ2) is 6.15. The Morgan fingerprint density at radius 2 is 1.67 bits per heavy atom. The predicted octanol–water partition coefficient (Wildman–Crippen LogP) is 4.22. The second-order valence-electron chi connectivity index (χ2n) is 5.84. The average Bonchev–Trinajstić information content (AvgIpc) is 2.52. The van der Waals surface area contributed by atoms with Crippen molar-refractivity contribution in [3.8, 4) is 0 Å². The SMILES string of the molecule is CC(C)(C)[Si](C)(C)OCCCn1nc(Br)c(Br)n1. The predicted molar refractivity (Wildman–Crippen MR) is 83.2 cm³/mol. The molecule has 0 saturated carbocycles. The fourth-order valence-electron chi connectivity index (χ4n) is 1.16. The minimum absolute atomic E-state index is 0.267. The highest BCUT2D eigenvalue weighted by molar-refractivity contribution is 9.13. The van der Waals surface area contributed by atoms with Gasteiger partial charge < -0.3 is 4.43 Å². The zero-order chi connectivity index (χ0) is 14.0. The molecule has 104 valence electrons. The van der Waals surface area contributed by atoms with Crippen LogP contribution in [0, 0.1) is 0 Å². The van der Waals surface area contributed by atoms with E-state index in [2.05, 4.69) is 75.9 Å². The quantitative estimate of drug-likeness (QED) is 0.550. The highest BCUT2D eigenvalue weighted by atomic mass is 79.9. The van der Waals surface area contributed by atoms with Gasteiger partial charge in [-0.2, -0.15) is 4.80 Å². The van der Waals surface area contributed by atoms with E-state index >= 15 is 0 Å². The molecule has 0 spiro atoms. The molecule has 4 nitrogen and oxygen atoms in total. The van der Waals surface area contributed by atoms with Gasteiger partial charge in [0.25, 0.3) is 0 Å². The lowest BCUT2D eigenvalue weighted by molar-refractivity contribution is 0.269. The number of aromatic nitrogens is 3. The van der Waals surface area contributed by atoms with Crippen LogP contribution in [0.25, 0.3) is 0 Å². The molecule has 1 aromatic heterocycles. The Morgan fingerprint density at radius 3 is 2.11 bits per heavy atom. The second-order valence-corrected chi connectivity index (χ2v) is 12.2. The van der Waals surface area contributed by atoms with Gasteiger partial charge in [0.05, 0.1) is 6.54 Å². The Kier molecular flexibility index (Phi) is 5.58. The van der Waals surface area contributed by atoms with Crippen molar-refractivity contribution in [2.75, 3.05) is 6.61 Å². The van der Waals surface area contributed by atoms with E-state index in [-0.39, 0.29) is 5.04 Å². The topological polar surface area (TPSA) is 39.9 Å². The van der Waals surface area contributed by atoms with Gasteiger partial charge in [-0.25, -0.2) is 0 Å². The molecule has 0 unspecified atom stereocenters. The van der Waals surface area contributed by atoms with Crippen LogP contribution in [0.2, 0.25) is 18.1 Å². The van der Waals surface area contributed by atoms with E-state index in [1.54, 1.807) is 4.80 Å². The molecular formula is C11H21Br2N3OSi. The van der Waals surface area contributed by atoms with E-state index in [1.807, 2.05) is 0 Å². The van der Waals surface area contributed by atoms with Crippen LogP contribution < -0.4 is 0 Å². The van der Waals surface area contributed by atoms with Gasteiger partial charge in [0, 0.05) is 6.61 Å². The standard InChI is InChI=1S/C11H21Br2N3OSi/c1-11(2,3)18(4,5)17-8-6-7-16-14-9(12)10(13)15-16/h6-8H2,1-5H3. The summed E-state index contributed by atoms with van der Waals surface area (Å²) in [6, 6.07) is 0. The first kappa shape index (κ1) is 16.3. The minimum Gasteiger partial charge on any atom is -0.417 e. The number of aryl methyl sites for hydroxylation is 1. The minimum atomic E-state index is -1.62. The fraction of sp³-hybridized carbons (Fsp3) is 0.818. The van der Waals surface area contributed by atoms with Crippen LogP contribution in [0.4, 0.5) is 0 Å². The summed E-state index contributed by atoms with van der Waals surface area (Å²) in [7, 11) is -1.62. The van der Waals surface area contributed by atoms with Gasteiger partial charge in [-0.15, -0.1) is 10.2 Å². The molecule has 1 rings (SSSR count). The van der Waals surface area contributed by atoms with Gasteiger partial charge in [-0.05, 0) is 56.4 Å². The first-order valence-electron chi connectivity index (χ1n) is 6.03. The van der Waals surface area contributed by atoms with Crippen LogP contribution >= 0.6 is 31.9 Å².